The fraction of sp³-hybridized carbons (Fsp3) is 0.667. The van der Waals surface area contributed by atoms with Crippen LogP contribution in [0.25, 0.3) is 0 Å². The summed E-state index contributed by atoms with van der Waals surface area (Å²) < 4.78 is 7.13. The zero-order chi connectivity index (χ0) is 13.3. The van der Waals surface area contributed by atoms with Crippen molar-refractivity contribution in [3.63, 3.8) is 0 Å². The summed E-state index contributed by atoms with van der Waals surface area (Å²) in [6.07, 6.45) is 12.5. The lowest BCUT2D eigenvalue weighted by Crippen LogP contribution is -2.57. The number of pyridine rings is 1. The van der Waals surface area contributed by atoms with Crippen molar-refractivity contribution in [1.82, 2.24) is 4.98 Å². The van der Waals surface area contributed by atoms with Gasteiger partial charge in [0.25, 0.3) is 0 Å². The molecule has 2 aliphatic rings. The molecule has 0 N–H and O–H groups in total. The number of hydrogen-bond acceptors (Lipinski definition) is 2. The van der Waals surface area contributed by atoms with E-state index < -0.39 is 0 Å². The van der Waals surface area contributed by atoms with Crippen LogP contribution in [0.1, 0.15) is 44.9 Å². The van der Waals surface area contributed by atoms with E-state index in [0.29, 0.717) is 0 Å². The van der Waals surface area contributed by atoms with E-state index in [2.05, 4.69) is 20.9 Å². The van der Waals surface area contributed by atoms with Gasteiger partial charge in [0.2, 0.25) is 0 Å². The van der Waals surface area contributed by atoms with Crippen molar-refractivity contribution in [2.24, 2.45) is 5.41 Å². The summed E-state index contributed by atoms with van der Waals surface area (Å²) >= 11 is 9.98. The van der Waals surface area contributed by atoms with Crippen molar-refractivity contribution >= 4 is 27.5 Å². The first-order valence-corrected chi connectivity index (χ1v) is 8.35. The molecule has 0 bridgehead atoms. The number of ether oxygens (including phenoxy) is 1. The molecule has 104 valence electrons. The molecule has 1 aromatic rings. The van der Waals surface area contributed by atoms with Crippen LogP contribution in [0, 0.1) is 5.41 Å². The van der Waals surface area contributed by atoms with Crippen molar-refractivity contribution in [1.29, 1.82) is 0 Å². The second-order valence-electron chi connectivity index (χ2n) is 5.80. The quantitative estimate of drug-likeness (QED) is 0.709. The summed E-state index contributed by atoms with van der Waals surface area (Å²) in [5.74, 6) is 0.853. The lowest BCUT2D eigenvalue weighted by atomic mass is 9.61. The Morgan fingerprint density at radius 2 is 1.95 bits per heavy atom. The third-order valence-corrected chi connectivity index (χ3v) is 5.73. The Morgan fingerprint density at radius 1 is 1.21 bits per heavy atom. The fourth-order valence-electron chi connectivity index (χ4n) is 3.51. The SMILES string of the molecule is ClC1CC(Oc2cncc(Br)c2)C12CCCCCC2. The molecule has 0 aromatic carbocycles. The molecule has 3 rings (SSSR count). The van der Waals surface area contributed by atoms with Crippen molar-refractivity contribution in [3.8, 4) is 5.75 Å². The number of halogens is 2. The zero-order valence-electron chi connectivity index (χ0n) is 10.9. The van der Waals surface area contributed by atoms with Crippen LogP contribution < -0.4 is 4.74 Å². The predicted octanol–water partition coefficient (Wildman–Crippen LogP) is 4.94. The summed E-state index contributed by atoms with van der Waals surface area (Å²) in [6, 6.07) is 1.99. The molecule has 19 heavy (non-hydrogen) atoms. The van der Waals surface area contributed by atoms with Crippen molar-refractivity contribution in [3.05, 3.63) is 22.9 Å². The van der Waals surface area contributed by atoms with Gasteiger partial charge in [0, 0.05) is 27.9 Å². The normalized spacial score (nSPS) is 29.6. The van der Waals surface area contributed by atoms with Gasteiger partial charge in [-0.2, -0.15) is 0 Å². The van der Waals surface area contributed by atoms with Gasteiger partial charge in [-0.25, -0.2) is 0 Å². The highest BCUT2D eigenvalue weighted by atomic mass is 79.9. The molecule has 2 saturated carbocycles. The van der Waals surface area contributed by atoms with Gasteiger partial charge in [-0.1, -0.05) is 25.7 Å². The van der Waals surface area contributed by atoms with E-state index in [9.17, 15) is 0 Å². The Kier molecular flexibility index (Phi) is 4.04. The lowest BCUT2D eigenvalue weighted by Gasteiger charge is -2.53. The van der Waals surface area contributed by atoms with Gasteiger partial charge >= 0.3 is 0 Å². The predicted molar refractivity (Wildman–Crippen MR) is 80.7 cm³/mol. The monoisotopic (exact) mass is 343 g/mol. The van der Waals surface area contributed by atoms with Crippen LogP contribution in [0.3, 0.4) is 0 Å². The summed E-state index contributed by atoms with van der Waals surface area (Å²) in [5, 5.41) is 0.288. The van der Waals surface area contributed by atoms with Crippen LogP contribution in [0.5, 0.6) is 5.75 Å². The Morgan fingerprint density at radius 3 is 2.58 bits per heavy atom. The average Bonchev–Trinajstić information content (AvgIpc) is 2.66. The molecule has 1 aromatic heterocycles. The van der Waals surface area contributed by atoms with E-state index in [-0.39, 0.29) is 16.9 Å². The first kappa shape index (κ1) is 13.7. The highest BCUT2D eigenvalue weighted by molar-refractivity contribution is 9.10. The molecule has 2 fully saturated rings. The standard InChI is InChI=1S/C15H19BrClNO/c16-11-7-12(10-18-9-11)19-14-8-13(17)15(14)5-3-1-2-4-6-15/h7,9-10,13-14H,1-6,8H2. The Balaban J connectivity index is 1.74. The van der Waals surface area contributed by atoms with Gasteiger partial charge in [-0.15, -0.1) is 11.6 Å². The number of hydrogen-bond donors (Lipinski definition) is 0. The number of nitrogens with zero attached hydrogens (tertiary/aromatic N) is 1. The van der Waals surface area contributed by atoms with Crippen LogP contribution >= 0.6 is 27.5 Å². The van der Waals surface area contributed by atoms with Crippen LogP contribution in [0.4, 0.5) is 0 Å². The molecule has 0 amide bonds. The van der Waals surface area contributed by atoms with Gasteiger partial charge in [0.05, 0.1) is 6.20 Å². The van der Waals surface area contributed by atoms with Crippen LogP contribution in [0.15, 0.2) is 22.9 Å². The molecule has 2 aliphatic carbocycles. The molecule has 0 saturated heterocycles. The van der Waals surface area contributed by atoms with Gasteiger partial charge < -0.3 is 4.74 Å². The second kappa shape index (κ2) is 5.61. The third kappa shape index (κ3) is 2.64. The first-order valence-electron chi connectivity index (χ1n) is 7.12. The zero-order valence-corrected chi connectivity index (χ0v) is 13.3. The Hall–Kier alpha value is -0.280. The van der Waals surface area contributed by atoms with E-state index in [0.717, 1.165) is 16.6 Å². The molecular weight excluding hydrogens is 326 g/mol. The van der Waals surface area contributed by atoms with Crippen LogP contribution in [-0.4, -0.2) is 16.5 Å². The largest absolute Gasteiger partial charge is 0.488 e. The van der Waals surface area contributed by atoms with Crippen molar-refractivity contribution in [2.45, 2.75) is 56.4 Å². The summed E-state index contributed by atoms with van der Waals surface area (Å²) in [5.41, 5.74) is 0.209. The maximum absolute atomic E-state index is 6.54. The number of rotatable bonds is 2. The highest BCUT2D eigenvalue weighted by Crippen LogP contribution is 2.55. The third-order valence-electron chi connectivity index (χ3n) is 4.68. The second-order valence-corrected chi connectivity index (χ2v) is 7.24. The van der Waals surface area contributed by atoms with E-state index in [1.54, 1.807) is 12.4 Å². The molecule has 2 atom stereocenters. The number of alkyl halides is 1. The van der Waals surface area contributed by atoms with Gasteiger partial charge in [-0.05, 0) is 34.8 Å². The Labute approximate surface area is 128 Å². The minimum Gasteiger partial charge on any atom is -0.488 e. The highest BCUT2D eigenvalue weighted by Gasteiger charge is 2.55. The molecule has 1 spiro atoms. The fourth-order valence-corrected chi connectivity index (χ4v) is 4.37. The smallest absolute Gasteiger partial charge is 0.139 e. The molecule has 0 aliphatic heterocycles. The Bertz CT molecular complexity index is 446. The topological polar surface area (TPSA) is 22.1 Å². The first-order chi connectivity index (χ1) is 9.21. The van der Waals surface area contributed by atoms with Gasteiger partial charge in [0.15, 0.2) is 0 Å². The molecule has 2 unspecified atom stereocenters. The molecule has 2 nitrogen and oxygen atoms in total. The van der Waals surface area contributed by atoms with E-state index in [1.807, 2.05) is 6.07 Å². The van der Waals surface area contributed by atoms with Gasteiger partial charge in [0.1, 0.15) is 11.9 Å². The molecule has 4 heteroatoms. The van der Waals surface area contributed by atoms with Crippen molar-refractivity contribution in [2.75, 3.05) is 0 Å². The van der Waals surface area contributed by atoms with Gasteiger partial charge in [-0.3, -0.25) is 4.98 Å². The minimum absolute atomic E-state index is 0.209. The van der Waals surface area contributed by atoms with Crippen LogP contribution in [0.2, 0.25) is 0 Å². The summed E-state index contributed by atoms with van der Waals surface area (Å²) in [7, 11) is 0. The van der Waals surface area contributed by atoms with E-state index >= 15 is 0 Å². The average molecular weight is 345 g/mol. The van der Waals surface area contributed by atoms with E-state index in [4.69, 9.17) is 16.3 Å². The molecule has 0 radical (unpaired) electrons. The lowest BCUT2D eigenvalue weighted by molar-refractivity contribution is -0.0514. The number of aromatic nitrogens is 1. The molecule has 1 heterocycles. The molecular formula is C15H19BrClNO. The van der Waals surface area contributed by atoms with Crippen LogP contribution in [-0.2, 0) is 0 Å². The van der Waals surface area contributed by atoms with E-state index in [1.165, 1.54) is 38.5 Å². The maximum Gasteiger partial charge on any atom is 0.139 e. The minimum atomic E-state index is 0.209. The summed E-state index contributed by atoms with van der Waals surface area (Å²) in [4.78, 5) is 4.16. The maximum atomic E-state index is 6.54. The summed E-state index contributed by atoms with van der Waals surface area (Å²) in [6.45, 7) is 0. The van der Waals surface area contributed by atoms with Crippen molar-refractivity contribution < 1.29 is 4.74 Å².